The van der Waals surface area contributed by atoms with Crippen LogP contribution in [-0.4, -0.2) is 14.4 Å². The molecule has 13 heavy (non-hydrogen) atoms. The molecule has 1 rings (SSSR count). The Morgan fingerprint density at radius 1 is 1.46 bits per heavy atom. The van der Waals surface area contributed by atoms with Crippen molar-refractivity contribution < 1.29 is 4.43 Å². The Kier molecular flexibility index (Phi) is 3.74. The van der Waals surface area contributed by atoms with Gasteiger partial charge >= 0.3 is 0 Å². The topological polar surface area (TPSA) is 9.23 Å². The summed E-state index contributed by atoms with van der Waals surface area (Å²) in [4.78, 5) is 0. The van der Waals surface area contributed by atoms with E-state index in [1.54, 1.807) is 0 Å². The quantitative estimate of drug-likeness (QED) is 0.380. The minimum atomic E-state index is -1.33. The molecule has 2 heteroatoms. The summed E-state index contributed by atoms with van der Waals surface area (Å²) in [6, 6.07) is 1.17. The van der Waals surface area contributed by atoms with Crippen molar-refractivity contribution >= 4 is 8.32 Å². The lowest BCUT2D eigenvalue weighted by Gasteiger charge is -2.16. The highest BCUT2D eigenvalue weighted by Gasteiger charge is 2.36. The largest absolute Gasteiger partial charge is 0.411 e. The second kappa shape index (κ2) is 4.42. The standard InChI is InChI=1S/C11H22OSi/c1-5-6-7-8-11-10(2)9-13(3,4)12-11/h11H,2,5-9H2,1,3-4H3. The monoisotopic (exact) mass is 198 g/mol. The molecule has 1 heterocycles. The van der Waals surface area contributed by atoms with Gasteiger partial charge in [0.25, 0.3) is 0 Å². The molecular weight excluding hydrogens is 176 g/mol. The number of hydrogen-bond donors (Lipinski definition) is 0. The number of unbranched alkanes of at least 4 members (excludes halogenated alkanes) is 2. The predicted molar refractivity (Wildman–Crippen MR) is 60.4 cm³/mol. The van der Waals surface area contributed by atoms with Crippen LogP contribution in [-0.2, 0) is 4.43 Å². The summed E-state index contributed by atoms with van der Waals surface area (Å²) in [5.74, 6) is 0. The second-order valence-corrected chi connectivity index (χ2v) is 8.81. The van der Waals surface area contributed by atoms with E-state index in [-0.39, 0.29) is 0 Å². The minimum Gasteiger partial charge on any atom is -0.411 e. The maximum atomic E-state index is 6.05. The highest BCUT2D eigenvalue weighted by atomic mass is 28.4. The van der Waals surface area contributed by atoms with Crippen molar-refractivity contribution in [3.8, 4) is 0 Å². The molecule has 0 N–H and O–H groups in total. The summed E-state index contributed by atoms with van der Waals surface area (Å²) in [5.41, 5.74) is 1.35. The molecule has 0 aromatic rings. The molecule has 1 aliphatic rings. The van der Waals surface area contributed by atoms with Crippen LogP contribution in [0.2, 0.25) is 19.1 Å². The third kappa shape index (κ3) is 3.28. The molecule has 0 bridgehead atoms. The van der Waals surface area contributed by atoms with Gasteiger partial charge in [-0.2, -0.15) is 0 Å². The Bertz CT molecular complexity index is 187. The van der Waals surface area contributed by atoms with Crippen LogP contribution in [0.15, 0.2) is 12.2 Å². The zero-order valence-electron chi connectivity index (χ0n) is 9.23. The van der Waals surface area contributed by atoms with Crippen LogP contribution in [0.1, 0.15) is 32.6 Å². The molecule has 1 nitrogen and oxygen atoms in total. The molecule has 0 aliphatic carbocycles. The zero-order valence-corrected chi connectivity index (χ0v) is 10.2. The van der Waals surface area contributed by atoms with Crippen LogP contribution in [0.3, 0.4) is 0 Å². The van der Waals surface area contributed by atoms with Gasteiger partial charge in [0.05, 0.1) is 6.10 Å². The Morgan fingerprint density at radius 3 is 2.62 bits per heavy atom. The van der Waals surface area contributed by atoms with E-state index in [1.165, 1.54) is 37.3 Å². The fraction of sp³-hybridized carbons (Fsp3) is 0.818. The van der Waals surface area contributed by atoms with Crippen LogP contribution >= 0.6 is 0 Å². The van der Waals surface area contributed by atoms with E-state index in [4.69, 9.17) is 4.43 Å². The molecule has 1 atom stereocenters. The Labute approximate surface area is 83.3 Å². The van der Waals surface area contributed by atoms with Gasteiger partial charge in [-0.05, 0) is 25.6 Å². The van der Waals surface area contributed by atoms with E-state index in [9.17, 15) is 0 Å². The van der Waals surface area contributed by atoms with Gasteiger partial charge in [-0.15, -0.1) is 0 Å². The summed E-state index contributed by atoms with van der Waals surface area (Å²) in [6.07, 6.45) is 5.51. The maximum absolute atomic E-state index is 6.05. The average Bonchev–Trinajstić information content (AvgIpc) is 2.25. The van der Waals surface area contributed by atoms with Crippen molar-refractivity contribution in [1.82, 2.24) is 0 Å². The van der Waals surface area contributed by atoms with E-state index in [2.05, 4.69) is 26.6 Å². The summed E-state index contributed by atoms with van der Waals surface area (Å²) in [6.45, 7) is 10.9. The van der Waals surface area contributed by atoms with Crippen molar-refractivity contribution in [2.45, 2.75) is 57.8 Å². The first-order valence-corrected chi connectivity index (χ1v) is 8.52. The van der Waals surface area contributed by atoms with E-state index in [0.29, 0.717) is 6.10 Å². The summed E-state index contributed by atoms with van der Waals surface area (Å²) in [5, 5.41) is 0. The van der Waals surface area contributed by atoms with E-state index in [0.717, 1.165) is 0 Å². The van der Waals surface area contributed by atoms with Crippen LogP contribution in [0.5, 0.6) is 0 Å². The first kappa shape index (κ1) is 11.0. The molecule has 0 radical (unpaired) electrons. The molecule has 0 aromatic heterocycles. The van der Waals surface area contributed by atoms with Crippen molar-refractivity contribution in [2.75, 3.05) is 0 Å². The SMILES string of the molecule is C=C1C[Si](C)(C)OC1CCCCC. The third-order valence-corrected chi connectivity index (χ3v) is 4.87. The van der Waals surface area contributed by atoms with Crippen LogP contribution in [0, 0.1) is 0 Å². The van der Waals surface area contributed by atoms with Crippen molar-refractivity contribution in [2.24, 2.45) is 0 Å². The van der Waals surface area contributed by atoms with Gasteiger partial charge in [-0.3, -0.25) is 0 Å². The minimum absolute atomic E-state index is 0.396. The Balaban J connectivity index is 2.31. The smallest absolute Gasteiger partial charge is 0.191 e. The van der Waals surface area contributed by atoms with E-state index < -0.39 is 8.32 Å². The van der Waals surface area contributed by atoms with Crippen LogP contribution < -0.4 is 0 Å². The van der Waals surface area contributed by atoms with E-state index in [1.807, 2.05) is 0 Å². The summed E-state index contributed by atoms with van der Waals surface area (Å²) < 4.78 is 6.05. The number of rotatable bonds is 4. The second-order valence-electron chi connectivity index (χ2n) is 4.70. The first-order chi connectivity index (χ1) is 6.05. The Hall–Kier alpha value is -0.0831. The highest BCUT2D eigenvalue weighted by Crippen LogP contribution is 2.33. The van der Waals surface area contributed by atoms with Crippen LogP contribution in [0.4, 0.5) is 0 Å². The first-order valence-electron chi connectivity index (χ1n) is 5.40. The van der Waals surface area contributed by atoms with Gasteiger partial charge in [0.15, 0.2) is 8.32 Å². The van der Waals surface area contributed by atoms with Crippen LogP contribution in [0.25, 0.3) is 0 Å². The summed E-state index contributed by atoms with van der Waals surface area (Å²) in [7, 11) is -1.33. The van der Waals surface area contributed by atoms with Crippen molar-refractivity contribution in [3.05, 3.63) is 12.2 Å². The lowest BCUT2D eigenvalue weighted by Crippen LogP contribution is -2.25. The predicted octanol–water partition coefficient (Wildman–Crippen LogP) is 3.73. The molecule has 0 aromatic carbocycles. The van der Waals surface area contributed by atoms with Gasteiger partial charge < -0.3 is 4.43 Å². The molecule has 0 amide bonds. The summed E-state index contributed by atoms with van der Waals surface area (Å²) >= 11 is 0. The van der Waals surface area contributed by atoms with Gasteiger partial charge in [0.2, 0.25) is 0 Å². The van der Waals surface area contributed by atoms with Gasteiger partial charge in [-0.25, -0.2) is 0 Å². The molecule has 0 spiro atoms. The Morgan fingerprint density at radius 2 is 2.15 bits per heavy atom. The van der Waals surface area contributed by atoms with Crippen molar-refractivity contribution in [3.63, 3.8) is 0 Å². The molecule has 0 saturated carbocycles. The lowest BCUT2D eigenvalue weighted by molar-refractivity contribution is 0.238. The fourth-order valence-electron chi connectivity index (χ4n) is 2.01. The number of hydrogen-bond acceptors (Lipinski definition) is 1. The molecule has 76 valence electrons. The maximum Gasteiger partial charge on any atom is 0.191 e. The molecule has 1 unspecified atom stereocenters. The zero-order chi connectivity index (χ0) is 9.90. The molecule has 1 fully saturated rings. The van der Waals surface area contributed by atoms with Gasteiger partial charge in [-0.1, -0.05) is 38.3 Å². The molecular formula is C11H22OSi. The van der Waals surface area contributed by atoms with Gasteiger partial charge in [0.1, 0.15) is 0 Å². The lowest BCUT2D eigenvalue weighted by atomic mass is 10.1. The molecule has 1 saturated heterocycles. The third-order valence-electron chi connectivity index (χ3n) is 2.64. The highest BCUT2D eigenvalue weighted by molar-refractivity contribution is 6.72. The van der Waals surface area contributed by atoms with Crippen molar-refractivity contribution in [1.29, 1.82) is 0 Å². The van der Waals surface area contributed by atoms with Gasteiger partial charge in [0, 0.05) is 0 Å². The average molecular weight is 198 g/mol. The normalized spacial score (nSPS) is 26.7. The fourth-order valence-corrected chi connectivity index (χ4v) is 4.47. The van der Waals surface area contributed by atoms with E-state index >= 15 is 0 Å². The molecule has 1 aliphatic heterocycles.